The summed E-state index contributed by atoms with van der Waals surface area (Å²) in [6, 6.07) is 0.967. The van der Waals surface area contributed by atoms with E-state index in [1.54, 1.807) is 10.7 Å². The van der Waals surface area contributed by atoms with Crippen molar-refractivity contribution in [3.63, 3.8) is 0 Å². The van der Waals surface area contributed by atoms with Crippen LogP contribution in [-0.4, -0.2) is 50.2 Å². The molecule has 1 aliphatic heterocycles. The number of anilines is 1. The number of piperazine rings is 1. The van der Waals surface area contributed by atoms with E-state index in [-0.39, 0.29) is 0 Å². The van der Waals surface area contributed by atoms with Crippen molar-refractivity contribution in [3.8, 4) is 0 Å². The van der Waals surface area contributed by atoms with E-state index in [0.717, 1.165) is 31.7 Å². The Kier molecular flexibility index (Phi) is 3.29. The topological polar surface area (TPSA) is 71.2 Å². The first kappa shape index (κ1) is 12.3. The second kappa shape index (κ2) is 5.08. The number of rotatable bonds is 3. The molecule has 7 nitrogen and oxygen atoms in total. The number of fused-ring (bicyclic) bond motifs is 1. The molecular formula is C12H19N7. The average molecular weight is 261 g/mol. The number of tetrazole rings is 1. The van der Waals surface area contributed by atoms with Gasteiger partial charge >= 0.3 is 0 Å². The van der Waals surface area contributed by atoms with Crippen LogP contribution >= 0.6 is 0 Å². The molecule has 2 unspecified atom stereocenters. The van der Waals surface area contributed by atoms with E-state index in [1.165, 1.54) is 0 Å². The first-order valence-corrected chi connectivity index (χ1v) is 6.85. The lowest BCUT2D eigenvalue weighted by atomic mass is 10.1. The highest BCUT2D eigenvalue weighted by atomic mass is 15.5. The normalized spacial score (nSPS) is 24.0. The third-order valence-electron chi connectivity index (χ3n) is 3.85. The Morgan fingerprint density at radius 3 is 3.00 bits per heavy atom. The van der Waals surface area contributed by atoms with Crippen LogP contribution in [-0.2, 0) is 0 Å². The van der Waals surface area contributed by atoms with Gasteiger partial charge in [0.05, 0.1) is 12.4 Å². The second-order valence-corrected chi connectivity index (χ2v) is 4.94. The number of nitrogens with zero attached hydrogens (tertiary/aromatic N) is 6. The molecule has 3 rings (SSSR count). The maximum atomic E-state index is 4.25. The standard InChI is InChI=1S/C12H19N7/c1-3-9-8-18(10(4-2)5-14-9)12-7-13-6-11-15-16-17-19(11)12/h6-7,9-10,14H,3-5,8H2,1-2H3. The number of hydrogen-bond acceptors (Lipinski definition) is 6. The van der Waals surface area contributed by atoms with E-state index in [1.807, 2.05) is 6.20 Å². The largest absolute Gasteiger partial charge is 0.349 e. The molecule has 0 radical (unpaired) electrons. The molecule has 0 amide bonds. The Balaban J connectivity index is 1.99. The third kappa shape index (κ3) is 2.14. The van der Waals surface area contributed by atoms with Gasteiger partial charge < -0.3 is 10.2 Å². The number of aromatic nitrogens is 5. The van der Waals surface area contributed by atoms with Crippen molar-refractivity contribution in [2.24, 2.45) is 0 Å². The van der Waals surface area contributed by atoms with Crippen molar-refractivity contribution in [1.29, 1.82) is 0 Å². The molecule has 0 saturated carbocycles. The molecule has 102 valence electrons. The highest BCUT2D eigenvalue weighted by molar-refractivity contribution is 5.47. The van der Waals surface area contributed by atoms with Crippen LogP contribution in [0.1, 0.15) is 26.7 Å². The molecule has 7 heteroatoms. The summed E-state index contributed by atoms with van der Waals surface area (Å²) in [5, 5.41) is 15.3. The van der Waals surface area contributed by atoms with Crippen molar-refractivity contribution >= 4 is 11.5 Å². The molecule has 1 fully saturated rings. The molecule has 1 N–H and O–H groups in total. The van der Waals surface area contributed by atoms with Crippen molar-refractivity contribution < 1.29 is 0 Å². The fourth-order valence-corrected chi connectivity index (χ4v) is 2.64. The quantitative estimate of drug-likeness (QED) is 0.867. The predicted molar refractivity (Wildman–Crippen MR) is 72.1 cm³/mol. The van der Waals surface area contributed by atoms with Crippen molar-refractivity contribution in [2.75, 3.05) is 18.0 Å². The zero-order valence-corrected chi connectivity index (χ0v) is 11.3. The summed E-state index contributed by atoms with van der Waals surface area (Å²) >= 11 is 0. The summed E-state index contributed by atoms with van der Waals surface area (Å²) in [4.78, 5) is 6.63. The van der Waals surface area contributed by atoms with Gasteiger partial charge in [-0.1, -0.05) is 13.8 Å². The average Bonchev–Trinajstić information content (AvgIpc) is 2.94. The van der Waals surface area contributed by atoms with Gasteiger partial charge in [-0.2, -0.15) is 4.52 Å². The molecule has 19 heavy (non-hydrogen) atoms. The molecule has 2 atom stereocenters. The van der Waals surface area contributed by atoms with Crippen LogP contribution in [0, 0.1) is 0 Å². The Morgan fingerprint density at radius 2 is 2.21 bits per heavy atom. The number of hydrogen-bond donors (Lipinski definition) is 1. The van der Waals surface area contributed by atoms with E-state index < -0.39 is 0 Å². The lowest BCUT2D eigenvalue weighted by molar-refractivity contribution is 0.375. The maximum absolute atomic E-state index is 4.25. The fraction of sp³-hybridized carbons (Fsp3) is 0.667. The minimum absolute atomic E-state index is 0.458. The van der Waals surface area contributed by atoms with Gasteiger partial charge in [-0.25, -0.2) is 0 Å². The molecule has 0 bridgehead atoms. The lowest BCUT2D eigenvalue weighted by Crippen LogP contribution is -2.56. The van der Waals surface area contributed by atoms with Crippen LogP contribution < -0.4 is 10.2 Å². The second-order valence-electron chi connectivity index (χ2n) is 4.94. The first-order valence-electron chi connectivity index (χ1n) is 6.85. The molecular weight excluding hydrogens is 242 g/mol. The van der Waals surface area contributed by atoms with Crippen molar-refractivity contribution in [3.05, 3.63) is 12.4 Å². The predicted octanol–water partition coefficient (Wildman–Crippen LogP) is 0.486. The van der Waals surface area contributed by atoms with Crippen LogP contribution in [0.4, 0.5) is 5.82 Å². The van der Waals surface area contributed by atoms with Gasteiger partial charge in [0.25, 0.3) is 0 Å². The highest BCUT2D eigenvalue weighted by Crippen LogP contribution is 2.21. The molecule has 0 spiro atoms. The van der Waals surface area contributed by atoms with Gasteiger partial charge in [-0.15, -0.1) is 5.10 Å². The van der Waals surface area contributed by atoms with Gasteiger partial charge in [-0.05, 0) is 23.3 Å². The highest BCUT2D eigenvalue weighted by Gasteiger charge is 2.28. The van der Waals surface area contributed by atoms with E-state index >= 15 is 0 Å². The summed E-state index contributed by atoms with van der Waals surface area (Å²) < 4.78 is 1.77. The fourth-order valence-electron chi connectivity index (χ4n) is 2.64. The van der Waals surface area contributed by atoms with E-state index in [9.17, 15) is 0 Å². The molecule has 3 heterocycles. The van der Waals surface area contributed by atoms with E-state index in [2.05, 4.69) is 44.6 Å². The Bertz CT molecular complexity index is 552. The monoisotopic (exact) mass is 261 g/mol. The summed E-state index contributed by atoms with van der Waals surface area (Å²) in [7, 11) is 0. The Labute approximate surface area is 112 Å². The summed E-state index contributed by atoms with van der Waals surface area (Å²) in [6.07, 6.45) is 5.74. The smallest absolute Gasteiger partial charge is 0.199 e. The van der Waals surface area contributed by atoms with E-state index in [4.69, 9.17) is 0 Å². The SMILES string of the molecule is CCC1CN(c2cncc3nnnn23)C(CC)CN1. The van der Waals surface area contributed by atoms with Crippen LogP contribution in [0.25, 0.3) is 5.65 Å². The van der Waals surface area contributed by atoms with E-state index in [0.29, 0.717) is 17.7 Å². The number of nitrogens with one attached hydrogen (secondary N) is 1. The minimum atomic E-state index is 0.458. The molecule has 0 aromatic carbocycles. The zero-order chi connectivity index (χ0) is 13.2. The Hall–Kier alpha value is -1.76. The zero-order valence-electron chi connectivity index (χ0n) is 11.3. The van der Waals surface area contributed by atoms with Gasteiger partial charge in [-0.3, -0.25) is 4.98 Å². The molecule has 1 saturated heterocycles. The maximum Gasteiger partial charge on any atom is 0.199 e. The van der Waals surface area contributed by atoms with Gasteiger partial charge in [0.2, 0.25) is 0 Å². The molecule has 0 aliphatic carbocycles. The van der Waals surface area contributed by atoms with Crippen LogP contribution in [0.15, 0.2) is 12.4 Å². The van der Waals surface area contributed by atoms with Crippen molar-refractivity contribution in [1.82, 2.24) is 30.3 Å². The van der Waals surface area contributed by atoms with Crippen LogP contribution in [0.2, 0.25) is 0 Å². The van der Waals surface area contributed by atoms with Gasteiger partial charge in [0, 0.05) is 25.2 Å². The summed E-state index contributed by atoms with van der Waals surface area (Å²) in [5.41, 5.74) is 0.693. The lowest BCUT2D eigenvalue weighted by Gasteiger charge is -2.40. The summed E-state index contributed by atoms with van der Waals surface area (Å²) in [5.74, 6) is 0.981. The Morgan fingerprint density at radius 1 is 1.32 bits per heavy atom. The van der Waals surface area contributed by atoms with Gasteiger partial charge in [0.1, 0.15) is 0 Å². The third-order valence-corrected chi connectivity index (χ3v) is 3.85. The van der Waals surface area contributed by atoms with Crippen LogP contribution in [0.3, 0.4) is 0 Å². The molecule has 2 aromatic rings. The summed E-state index contributed by atoms with van der Waals surface area (Å²) in [6.45, 7) is 6.37. The van der Waals surface area contributed by atoms with Crippen molar-refractivity contribution in [2.45, 2.75) is 38.8 Å². The van der Waals surface area contributed by atoms with Crippen LogP contribution in [0.5, 0.6) is 0 Å². The minimum Gasteiger partial charge on any atom is -0.349 e. The molecule has 2 aromatic heterocycles. The first-order chi connectivity index (χ1) is 9.33. The van der Waals surface area contributed by atoms with Gasteiger partial charge in [0.15, 0.2) is 11.5 Å². The molecule has 1 aliphatic rings.